The second-order valence-electron chi connectivity index (χ2n) is 9.03. The number of hydrogen-bond donors (Lipinski definition) is 0. The van der Waals surface area contributed by atoms with E-state index < -0.39 is 0 Å². The van der Waals surface area contributed by atoms with E-state index in [-0.39, 0.29) is 24.6 Å². The lowest BCUT2D eigenvalue weighted by Crippen LogP contribution is -2.45. The van der Waals surface area contributed by atoms with Crippen LogP contribution in [0.15, 0.2) is 12.7 Å². The van der Waals surface area contributed by atoms with Crippen molar-refractivity contribution >= 4 is 11.9 Å². The van der Waals surface area contributed by atoms with Crippen molar-refractivity contribution in [1.82, 2.24) is 0 Å². The average molecular weight is 413 g/mol. The topological polar surface area (TPSA) is 52.6 Å². The second-order valence-corrected chi connectivity index (χ2v) is 9.03. The fourth-order valence-electron chi connectivity index (χ4n) is 3.20. The summed E-state index contributed by atoms with van der Waals surface area (Å²) < 4.78 is 11.7. The van der Waals surface area contributed by atoms with E-state index in [4.69, 9.17) is 9.47 Å². The summed E-state index contributed by atoms with van der Waals surface area (Å²) in [6.45, 7) is 6.67. The highest BCUT2D eigenvalue weighted by Crippen LogP contribution is 2.11. The van der Waals surface area contributed by atoms with Gasteiger partial charge in [-0.3, -0.25) is 9.59 Å². The van der Waals surface area contributed by atoms with Crippen LogP contribution in [0.3, 0.4) is 0 Å². The molecule has 0 aromatic carbocycles. The third-order valence-electron chi connectivity index (χ3n) is 4.75. The zero-order valence-electron chi connectivity index (χ0n) is 19.5. The number of allylic oxidation sites excluding steroid dienone is 1. The molecule has 0 saturated heterocycles. The highest BCUT2D eigenvalue weighted by Gasteiger charge is 2.23. The van der Waals surface area contributed by atoms with Crippen molar-refractivity contribution in [2.24, 2.45) is 0 Å². The largest absolute Gasteiger partial charge is 0.461 e. The van der Waals surface area contributed by atoms with Gasteiger partial charge in [-0.05, 0) is 25.7 Å². The van der Waals surface area contributed by atoms with E-state index in [2.05, 4.69) is 13.5 Å². The Morgan fingerprint density at radius 2 is 1.41 bits per heavy atom. The third-order valence-corrected chi connectivity index (χ3v) is 4.75. The predicted octanol–water partition coefficient (Wildman–Crippen LogP) is 5.42. The Labute approximate surface area is 179 Å². The maximum Gasteiger partial charge on any atom is 0.306 e. The summed E-state index contributed by atoms with van der Waals surface area (Å²) in [5, 5.41) is 0. The Morgan fingerprint density at radius 1 is 0.862 bits per heavy atom. The molecule has 170 valence electrons. The summed E-state index contributed by atoms with van der Waals surface area (Å²) in [6.07, 6.45) is 14.4. The molecule has 29 heavy (non-hydrogen) atoms. The van der Waals surface area contributed by atoms with E-state index in [1.54, 1.807) is 0 Å². The third kappa shape index (κ3) is 19.7. The summed E-state index contributed by atoms with van der Waals surface area (Å²) >= 11 is 0. The lowest BCUT2D eigenvalue weighted by Gasteiger charge is -2.28. The van der Waals surface area contributed by atoms with Crippen molar-refractivity contribution in [2.75, 3.05) is 34.3 Å². The summed E-state index contributed by atoms with van der Waals surface area (Å²) in [7, 11) is 6.12. The number of nitrogens with zero attached hydrogens (tertiary/aromatic N) is 1. The Bertz CT molecular complexity index is 443. The van der Waals surface area contributed by atoms with Crippen molar-refractivity contribution in [3.8, 4) is 0 Å². The highest BCUT2D eigenvalue weighted by molar-refractivity contribution is 5.70. The van der Waals surface area contributed by atoms with Crippen molar-refractivity contribution in [2.45, 2.75) is 96.5 Å². The zero-order chi connectivity index (χ0) is 22.0. The standard InChI is InChI=1S/C24H46NO4/c1-6-8-10-12-13-15-17-19-24(27)29-22(20-25(3,4)5)21-28-23(26)18-16-14-11-9-7-2/h6,22H,1,7-21H2,2-5H3/q+1. The number of esters is 2. The molecule has 0 aliphatic heterocycles. The molecule has 0 rings (SSSR count). The number of ether oxygens (including phenoxy) is 2. The Kier molecular flexibility index (Phi) is 16.7. The number of hydrogen-bond acceptors (Lipinski definition) is 4. The Hall–Kier alpha value is -1.36. The van der Waals surface area contributed by atoms with E-state index >= 15 is 0 Å². The fraction of sp³-hybridized carbons (Fsp3) is 0.833. The zero-order valence-corrected chi connectivity index (χ0v) is 19.5. The quantitative estimate of drug-likeness (QED) is 0.123. The molecule has 0 bridgehead atoms. The summed E-state index contributed by atoms with van der Waals surface area (Å²) in [5.41, 5.74) is 0. The van der Waals surface area contributed by atoms with Crippen molar-refractivity contribution in [3.05, 3.63) is 12.7 Å². The smallest absolute Gasteiger partial charge is 0.306 e. The first kappa shape index (κ1) is 27.6. The first-order valence-electron chi connectivity index (χ1n) is 11.5. The lowest BCUT2D eigenvalue weighted by molar-refractivity contribution is -0.873. The minimum Gasteiger partial charge on any atom is -0.461 e. The van der Waals surface area contributed by atoms with Gasteiger partial charge in [0.1, 0.15) is 13.2 Å². The minimum atomic E-state index is -0.390. The van der Waals surface area contributed by atoms with Crippen molar-refractivity contribution < 1.29 is 23.5 Å². The molecule has 0 N–H and O–H groups in total. The van der Waals surface area contributed by atoms with Crippen LogP contribution in [0.25, 0.3) is 0 Å². The Morgan fingerprint density at radius 3 is 2.00 bits per heavy atom. The van der Waals surface area contributed by atoms with Crippen LogP contribution >= 0.6 is 0 Å². The van der Waals surface area contributed by atoms with Gasteiger partial charge in [0.25, 0.3) is 0 Å². The van der Waals surface area contributed by atoms with Crippen LogP contribution in [0, 0.1) is 0 Å². The molecule has 0 spiro atoms. The number of rotatable bonds is 19. The molecule has 1 unspecified atom stereocenters. The van der Waals surface area contributed by atoms with Crippen LogP contribution in [0.4, 0.5) is 0 Å². The van der Waals surface area contributed by atoms with E-state index in [1.807, 2.05) is 27.2 Å². The molecule has 0 aliphatic carbocycles. The van der Waals surface area contributed by atoms with E-state index in [0.717, 1.165) is 38.5 Å². The predicted molar refractivity (Wildman–Crippen MR) is 120 cm³/mol. The molecular formula is C24H46NO4+. The summed E-state index contributed by atoms with van der Waals surface area (Å²) in [6, 6.07) is 0. The molecule has 0 saturated carbocycles. The van der Waals surface area contributed by atoms with Gasteiger partial charge in [0.2, 0.25) is 0 Å². The molecule has 0 radical (unpaired) electrons. The molecule has 0 aromatic rings. The van der Waals surface area contributed by atoms with Gasteiger partial charge in [0.05, 0.1) is 21.1 Å². The molecule has 0 heterocycles. The normalized spacial score (nSPS) is 12.4. The van der Waals surface area contributed by atoms with Gasteiger partial charge in [0, 0.05) is 12.8 Å². The maximum atomic E-state index is 12.2. The van der Waals surface area contributed by atoms with Crippen LogP contribution in [0.2, 0.25) is 0 Å². The maximum absolute atomic E-state index is 12.2. The Balaban J connectivity index is 4.15. The van der Waals surface area contributed by atoms with E-state index in [9.17, 15) is 9.59 Å². The SMILES string of the molecule is C=CCCCCCCCC(=O)OC(COC(=O)CCCCCCC)C[N+](C)(C)C. The van der Waals surface area contributed by atoms with Crippen LogP contribution in [0.1, 0.15) is 90.4 Å². The summed E-state index contributed by atoms with van der Waals surface area (Å²) in [5.74, 6) is -0.381. The number of carbonyl (C=O) groups excluding carboxylic acids is 2. The van der Waals surface area contributed by atoms with E-state index in [0.29, 0.717) is 23.9 Å². The van der Waals surface area contributed by atoms with E-state index in [1.165, 1.54) is 32.1 Å². The van der Waals surface area contributed by atoms with Gasteiger partial charge >= 0.3 is 11.9 Å². The molecule has 5 nitrogen and oxygen atoms in total. The van der Waals surface area contributed by atoms with Crippen LogP contribution in [-0.2, 0) is 19.1 Å². The molecule has 1 atom stereocenters. The van der Waals surface area contributed by atoms with Gasteiger partial charge < -0.3 is 14.0 Å². The molecule has 0 amide bonds. The van der Waals surface area contributed by atoms with Gasteiger partial charge in [-0.15, -0.1) is 6.58 Å². The van der Waals surface area contributed by atoms with Crippen LogP contribution in [-0.4, -0.2) is 56.8 Å². The molecule has 5 heteroatoms. The van der Waals surface area contributed by atoms with Crippen molar-refractivity contribution in [1.29, 1.82) is 0 Å². The lowest BCUT2D eigenvalue weighted by atomic mass is 10.1. The van der Waals surface area contributed by atoms with Gasteiger partial charge in [-0.2, -0.15) is 0 Å². The molecule has 0 aromatic heterocycles. The fourth-order valence-corrected chi connectivity index (χ4v) is 3.20. The van der Waals surface area contributed by atoms with Crippen LogP contribution in [0.5, 0.6) is 0 Å². The monoisotopic (exact) mass is 412 g/mol. The number of likely N-dealkylation sites (N-methyl/N-ethyl adjacent to an activating group) is 1. The highest BCUT2D eigenvalue weighted by atomic mass is 16.6. The van der Waals surface area contributed by atoms with Gasteiger partial charge in [-0.25, -0.2) is 0 Å². The number of quaternary nitrogens is 1. The number of carbonyl (C=O) groups is 2. The van der Waals surface area contributed by atoms with Crippen molar-refractivity contribution in [3.63, 3.8) is 0 Å². The average Bonchev–Trinajstić information content (AvgIpc) is 2.64. The number of unbranched alkanes of at least 4 members (excludes halogenated alkanes) is 9. The molecule has 0 aliphatic rings. The van der Waals surface area contributed by atoms with Gasteiger partial charge in [0.15, 0.2) is 6.10 Å². The first-order valence-corrected chi connectivity index (χ1v) is 11.5. The summed E-state index contributed by atoms with van der Waals surface area (Å²) in [4.78, 5) is 24.2. The minimum absolute atomic E-state index is 0.149. The molecule has 0 fully saturated rings. The second kappa shape index (κ2) is 17.5. The first-order chi connectivity index (χ1) is 13.8. The van der Waals surface area contributed by atoms with Crippen LogP contribution < -0.4 is 0 Å². The molecular weight excluding hydrogens is 366 g/mol. The van der Waals surface area contributed by atoms with Gasteiger partial charge in [-0.1, -0.05) is 57.9 Å².